The van der Waals surface area contributed by atoms with Gasteiger partial charge in [0.15, 0.2) is 6.04 Å². The maximum Gasteiger partial charge on any atom is 0.214 e. The van der Waals surface area contributed by atoms with E-state index in [2.05, 4.69) is 58.0 Å². The van der Waals surface area contributed by atoms with Crippen LogP contribution in [-0.2, 0) is 17.8 Å². The summed E-state index contributed by atoms with van der Waals surface area (Å²) in [4.78, 5) is 3.11. The van der Waals surface area contributed by atoms with E-state index in [-0.39, 0.29) is 6.04 Å². The average Bonchev–Trinajstić information content (AvgIpc) is 3.24. The topological polar surface area (TPSA) is 61.7 Å². The zero-order valence-electron chi connectivity index (χ0n) is 17.3. The van der Waals surface area contributed by atoms with Gasteiger partial charge in [0, 0.05) is 23.3 Å². The fourth-order valence-corrected chi connectivity index (χ4v) is 4.38. The summed E-state index contributed by atoms with van der Waals surface area (Å²) in [6.45, 7) is 6.66. The smallest absolute Gasteiger partial charge is 0.214 e. The zero-order valence-corrected chi connectivity index (χ0v) is 18.1. The number of piperazine rings is 1. The minimum atomic E-state index is 0.0763. The van der Waals surface area contributed by atoms with Crippen molar-refractivity contribution in [2.45, 2.75) is 19.1 Å². The molecule has 0 bridgehead atoms. The van der Waals surface area contributed by atoms with Gasteiger partial charge >= 0.3 is 0 Å². The third-order valence-electron chi connectivity index (χ3n) is 5.83. The Morgan fingerprint density at radius 2 is 1.77 bits per heavy atom. The second-order valence-corrected chi connectivity index (χ2v) is 8.24. The molecule has 30 heavy (non-hydrogen) atoms. The number of hydrogen-bond acceptors (Lipinski definition) is 4. The van der Waals surface area contributed by atoms with E-state index in [9.17, 15) is 0 Å². The van der Waals surface area contributed by atoms with Gasteiger partial charge in [-0.2, -0.15) is 0 Å². The van der Waals surface area contributed by atoms with Gasteiger partial charge in [-0.15, -0.1) is 5.10 Å². The van der Waals surface area contributed by atoms with Crippen LogP contribution in [-0.4, -0.2) is 60.1 Å². The number of halogens is 1. The highest BCUT2D eigenvalue weighted by atomic mass is 35.5. The van der Waals surface area contributed by atoms with Crippen molar-refractivity contribution in [2.75, 3.05) is 39.9 Å². The normalized spacial score (nSPS) is 20.2. The van der Waals surface area contributed by atoms with Crippen molar-refractivity contribution >= 4 is 11.6 Å². The van der Waals surface area contributed by atoms with Crippen LogP contribution >= 0.6 is 11.6 Å². The van der Waals surface area contributed by atoms with Crippen LogP contribution in [0.1, 0.15) is 23.0 Å². The number of ether oxygens (including phenoxy) is 1. The summed E-state index contributed by atoms with van der Waals surface area (Å²) in [6.07, 6.45) is 0. The molecule has 8 heteroatoms. The standard InChI is InChI=1S/C22H27ClN6O/c1-30-16-15-29-22(24-25-26-29)21(19-7-9-20(23)10-8-19)28-13-11-27(12-14-28)17-18-5-3-2-4-6-18/h2-10,21H,11-17H2,1H3/p+2/t21-/m1/s1. The Morgan fingerprint density at radius 3 is 2.47 bits per heavy atom. The summed E-state index contributed by atoms with van der Waals surface area (Å²) in [5, 5.41) is 13.3. The van der Waals surface area contributed by atoms with Gasteiger partial charge in [-0.3, -0.25) is 0 Å². The van der Waals surface area contributed by atoms with Crippen LogP contribution in [0.2, 0.25) is 5.02 Å². The lowest BCUT2D eigenvalue weighted by atomic mass is 10.0. The highest BCUT2D eigenvalue weighted by molar-refractivity contribution is 6.30. The van der Waals surface area contributed by atoms with E-state index in [0.717, 1.165) is 43.6 Å². The molecule has 0 amide bonds. The van der Waals surface area contributed by atoms with Crippen molar-refractivity contribution < 1.29 is 14.5 Å². The van der Waals surface area contributed by atoms with Crippen molar-refractivity contribution in [1.82, 2.24) is 20.2 Å². The van der Waals surface area contributed by atoms with Gasteiger partial charge in [0.1, 0.15) is 32.7 Å². The van der Waals surface area contributed by atoms with Gasteiger partial charge in [-0.1, -0.05) is 54.1 Å². The van der Waals surface area contributed by atoms with Gasteiger partial charge in [0.05, 0.1) is 13.2 Å². The summed E-state index contributed by atoms with van der Waals surface area (Å²) >= 11 is 6.15. The van der Waals surface area contributed by atoms with Gasteiger partial charge in [0.2, 0.25) is 5.82 Å². The van der Waals surface area contributed by atoms with Crippen molar-refractivity contribution in [3.05, 3.63) is 76.6 Å². The van der Waals surface area contributed by atoms with Gasteiger partial charge in [-0.05, 0) is 22.6 Å². The maximum atomic E-state index is 6.15. The lowest BCUT2D eigenvalue weighted by Gasteiger charge is -2.34. The molecular formula is C22H29ClN6O+2. The van der Waals surface area contributed by atoms with Crippen LogP contribution < -0.4 is 9.80 Å². The molecule has 2 aromatic carbocycles. The van der Waals surface area contributed by atoms with Crippen molar-refractivity contribution in [1.29, 1.82) is 0 Å². The average molecular weight is 429 g/mol. The minimum absolute atomic E-state index is 0.0763. The molecule has 0 unspecified atom stereocenters. The first-order valence-corrected chi connectivity index (χ1v) is 10.8. The molecular weight excluding hydrogens is 400 g/mol. The van der Waals surface area contributed by atoms with E-state index in [1.54, 1.807) is 12.0 Å². The van der Waals surface area contributed by atoms with Gasteiger partial charge < -0.3 is 14.5 Å². The molecule has 0 saturated carbocycles. The summed E-state index contributed by atoms with van der Waals surface area (Å²) < 4.78 is 7.12. The van der Waals surface area contributed by atoms with Crippen LogP contribution in [0.3, 0.4) is 0 Å². The third kappa shape index (κ3) is 5.05. The van der Waals surface area contributed by atoms with Crippen molar-refractivity contribution in [2.24, 2.45) is 0 Å². The quantitative estimate of drug-likeness (QED) is 0.532. The Labute approximate surface area is 182 Å². The van der Waals surface area contributed by atoms with E-state index >= 15 is 0 Å². The largest absolute Gasteiger partial charge is 0.383 e. The van der Waals surface area contributed by atoms with Gasteiger partial charge in [0.25, 0.3) is 0 Å². The molecule has 0 aliphatic carbocycles. The molecule has 1 atom stereocenters. The SMILES string of the molecule is COCCn1nnnc1[C@@H](c1ccc(Cl)cc1)[NH+]1CC[NH+](Cc2ccccc2)CC1. The lowest BCUT2D eigenvalue weighted by Crippen LogP contribution is -3.27. The van der Waals surface area contributed by atoms with Crippen LogP contribution in [0, 0.1) is 0 Å². The first-order chi connectivity index (χ1) is 14.7. The predicted molar refractivity (Wildman–Crippen MR) is 115 cm³/mol. The third-order valence-corrected chi connectivity index (χ3v) is 6.08. The fraction of sp³-hybridized carbons (Fsp3) is 0.409. The minimum Gasteiger partial charge on any atom is -0.383 e. The monoisotopic (exact) mass is 428 g/mol. The van der Waals surface area contributed by atoms with Crippen molar-refractivity contribution in [3.8, 4) is 0 Å². The number of aromatic nitrogens is 4. The molecule has 4 rings (SSSR count). The Bertz CT molecular complexity index is 909. The summed E-state index contributed by atoms with van der Waals surface area (Å²) in [6, 6.07) is 18.9. The highest BCUT2D eigenvalue weighted by Gasteiger charge is 2.35. The second-order valence-electron chi connectivity index (χ2n) is 7.81. The molecule has 0 radical (unpaired) electrons. The van der Waals surface area contributed by atoms with Crippen LogP contribution in [0.4, 0.5) is 0 Å². The molecule has 2 N–H and O–H groups in total. The maximum absolute atomic E-state index is 6.15. The number of nitrogens with one attached hydrogen (secondary N) is 2. The van der Waals surface area contributed by atoms with E-state index in [1.807, 2.05) is 16.8 Å². The number of tetrazole rings is 1. The van der Waals surface area contributed by atoms with Crippen LogP contribution in [0.15, 0.2) is 54.6 Å². The Balaban J connectivity index is 1.52. The molecule has 0 spiro atoms. The zero-order chi connectivity index (χ0) is 20.8. The van der Waals surface area contributed by atoms with E-state index in [1.165, 1.54) is 16.0 Å². The molecule has 1 aliphatic rings. The fourth-order valence-electron chi connectivity index (χ4n) is 4.25. The van der Waals surface area contributed by atoms with E-state index < -0.39 is 0 Å². The van der Waals surface area contributed by atoms with Crippen LogP contribution in [0.5, 0.6) is 0 Å². The number of methoxy groups -OCH3 is 1. The predicted octanol–water partition coefficient (Wildman–Crippen LogP) is 0.0459. The highest BCUT2D eigenvalue weighted by Crippen LogP contribution is 2.19. The molecule has 1 aromatic heterocycles. The Kier molecular flexibility index (Phi) is 7.07. The van der Waals surface area contributed by atoms with E-state index in [4.69, 9.17) is 16.3 Å². The number of benzene rings is 2. The molecule has 1 aliphatic heterocycles. The van der Waals surface area contributed by atoms with Crippen LogP contribution in [0.25, 0.3) is 0 Å². The molecule has 158 valence electrons. The Hall–Kier alpha value is -2.32. The van der Waals surface area contributed by atoms with Crippen molar-refractivity contribution in [3.63, 3.8) is 0 Å². The molecule has 3 aromatic rings. The van der Waals surface area contributed by atoms with Gasteiger partial charge in [-0.25, -0.2) is 4.68 Å². The summed E-state index contributed by atoms with van der Waals surface area (Å²) in [5.41, 5.74) is 2.59. The molecule has 1 fully saturated rings. The number of hydrogen-bond donors (Lipinski definition) is 2. The summed E-state index contributed by atoms with van der Waals surface area (Å²) in [5.74, 6) is 0.885. The summed E-state index contributed by atoms with van der Waals surface area (Å²) in [7, 11) is 1.70. The number of quaternary nitrogens is 2. The number of rotatable bonds is 8. The Morgan fingerprint density at radius 1 is 1.03 bits per heavy atom. The molecule has 7 nitrogen and oxygen atoms in total. The molecule has 1 saturated heterocycles. The number of nitrogens with zero attached hydrogens (tertiary/aromatic N) is 4. The van der Waals surface area contributed by atoms with E-state index in [0.29, 0.717) is 13.2 Å². The lowest BCUT2D eigenvalue weighted by molar-refractivity contribution is -1.03. The molecule has 2 heterocycles. The first-order valence-electron chi connectivity index (χ1n) is 10.5. The second kappa shape index (κ2) is 10.1. The first kappa shape index (κ1) is 20.9.